The maximum Gasteiger partial charge on any atom is 0.330 e. The highest BCUT2D eigenvalue weighted by atomic mass is 79.9. The minimum absolute atomic E-state index is 0.431. The Bertz CT molecular complexity index is 585. The number of carbonyl (C=O) groups is 2. The lowest BCUT2D eigenvalue weighted by Gasteiger charge is -2.19. The van der Waals surface area contributed by atoms with E-state index in [1.807, 2.05) is 18.2 Å². The highest BCUT2D eigenvalue weighted by molar-refractivity contribution is 9.10. The second kappa shape index (κ2) is 5.97. The largest absolute Gasteiger partial charge is 0.466 e. The van der Waals surface area contributed by atoms with Gasteiger partial charge in [-0.2, -0.15) is 0 Å². The topological polar surface area (TPSA) is 43.4 Å². The van der Waals surface area contributed by atoms with Crippen molar-refractivity contribution in [2.45, 2.75) is 12.8 Å². The molecule has 0 saturated carbocycles. The highest BCUT2D eigenvalue weighted by Crippen LogP contribution is 2.33. The van der Waals surface area contributed by atoms with Crippen LogP contribution in [0.3, 0.4) is 0 Å². The summed E-state index contributed by atoms with van der Waals surface area (Å²) >= 11 is 3.43. The van der Waals surface area contributed by atoms with Crippen LogP contribution in [0.2, 0.25) is 0 Å². The first-order chi connectivity index (χ1) is 9.15. The van der Waals surface area contributed by atoms with E-state index in [0.717, 1.165) is 28.3 Å². The number of fused-ring (bicyclic) bond motifs is 1. The van der Waals surface area contributed by atoms with Crippen LogP contribution in [0.1, 0.15) is 17.5 Å². The highest BCUT2D eigenvalue weighted by Gasteiger charge is 2.17. The van der Waals surface area contributed by atoms with E-state index in [1.165, 1.54) is 18.7 Å². The molecular formula is C15H13BrO3. The smallest absolute Gasteiger partial charge is 0.330 e. The zero-order chi connectivity index (χ0) is 13.8. The van der Waals surface area contributed by atoms with Crippen LogP contribution in [-0.2, 0) is 20.7 Å². The number of aryl methyl sites for hydroxylation is 1. The van der Waals surface area contributed by atoms with Gasteiger partial charge in [0.1, 0.15) is 6.29 Å². The summed E-state index contributed by atoms with van der Waals surface area (Å²) < 4.78 is 5.52. The Kier molecular flexibility index (Phi) is 4.32. The number of rotatable bonds is 3. The molecule has 1 aromatic carbocycles. The van der Waals surface area contributed by atoms with Crippen molar-refractivity contribution in [3.05, 3.63) is 51.5 Å². The monoisotopic (exact) mass is 320 g/mol. The fraction of sp³-hybridized carbons (Fsp3) is 0.200. The van der Waals surface area contributed by atoms with Crippen molar-refractivity contribution >= 4 is 33.8 Å². The Morgan fingerprint density at radius 3 is 2.84 bits per heavy atom. The number of halogens is 1. The van der Waals surface area contributed by atoms with Crippen LogP contribution in [0.25, 0.3) is 5.57 Å². The third-order valence-electron chi connectivity index (χ3n) is 3.10. The zero-order valence-electron chi connectivity index (χ0n) is 10.5. The molecular weight excluding hydrogens is 308 g/mol. The molecule has 0 amide bonds. The molecule has 0 saturated heterocycles. The van der Waals surface area contributed by atoms with Gasteiger partial charge in [-0.25, -0.2) is 4.79 Å². The van der Waals surface area contributed by atoms with Crippen LogP contribution in [0, 0.1) is 0 Å². The lowest BCUT2D eigenvalue weighted by Crippen LogP contribution is -2.05. The molecule has 0 atom stereocenters. The summed E-state index contributed by atoms with van der Waals surface area (Å²) in [5.41, 5.74) is 3.68. The van der Waals surface area contributed by atoms with E-state index >= 15 is 0 Å². The summed E-state index contributed by atoms with van der Waals surface area (Å²) in [5.74, 6) is -0.431. The van der Waals surface area contributed by atoms with Crippen molar-refractivity contribution in [1.82, 2.24) is 0 Å². The lowest BCUT2D eigenvalue weighted by molar-refractivity contribution is -0.134. The molecule has 3 nitrogen and oxygen atoms in total. The molecule has 0 aromatic heterocycles. The maximum atomic E-state index is 11.2. The van der Waals surface area contributed by atoms with Gasteiger partial charge in [0.2, 0.25) is 0 Å². The number of ether oxygens (including phenoxy) is 1. The number of aldehydes is 1. The molecule has 0 bridgehead atoms. The summed E-state index contributed by atoms with van der Waals surface area (Å²) in [5, 5.41) is 0. The fourth-order valence-corrected chi connectivity index (χ4v) is 2.49. The number of esters is 1. The Hall–Kier alpha value is -1.68. The van der Waals surface area contributed by atoms with E-state index in [1.54, 1.807) is 6.08 Å². The fourth-order valence-electron chi connectivity index (χ4n) is 2.13. The van der Waals surface area contributed by atoms with E-state index in [9.17, 15) is 9.59 Å². The van der Waals surface area contributed by atoms with Gasteiger partial charge >= 0.3 is 5.97 Å². The summed E-state index contributed by atoms with van der Waals surface area (Å²) in [6, 6.07) is 5.98. The van der Waals surface area contributed by atoms with Crippen molar-refractivity contribution < 1.29 is 14.3 Å². The molecule has 0 N–H and O–H groups in total. The standard InChI is InChI=1S/C15H13BrO3/c1-19-15(18)7-6-13-11(9-17)3-2-10-4-5-12(16)8-14(10)13/h4-9H,2-3H2,1H3/b7-6+. The van der Waals surface area contributed by atoms with Crippen LogP contribution in [0.15, 0.2) is 40.4 Å². The van der Waals surface area contributed by atoms with Crippen molar-refractivity contribution in [2.75, 3.05) is 7.11 Å². The number of benzene rings is 1. The SMILES string of the molecule is COC(=O)/C=C/C1=C(C=O)CCc2ccc(Br)cc21. The molecule has 98 valence electrons. The van der Waals surface area contributed by atoms with E-state index in [4.69, 9.17) is 0 Å². The van der Waals surface area contributed by atoms with Crippen LogP contribution in [-0.4, -0.2) is 19.4 Å². The molecule has 1 aliphatic rings. The minimum atomic E-state index is -0.431. The molecule has 1 aromatic rings. The zero-order valence-corrected chi connectivity index (χ0v) is 12.1. The van der Waals surface area contributed by atoms with Crippen LogP contribution < -0.4 is 0 Å². The molecule has 1 aliphatic carbocycles. The Labute approximate surface area is 120 Å². The summed E-state index contributed by atoms with van der Waals surface area (Å²) in [4.78, 5) is 22.4. The molecule has 0 fully saturated rings. The van der Waals surface area contributed by atoms with Gasteiger partial charge in [0.05, 0.1) is 7.11 Å². The molecule has 4 heteroatoms. The third kappa shape index (κ3) is 3.01. The second-order valence-electron chi connectivity index (χ2n) is 4.21. The molecule has 0 radical (unpaired) electrons. The van der Waals surface area contributed by atoms with Gasteiger partial charge in [0.15, 0.2) is 0 Å². The van der Waals surface area contributed by atoms with Gasteiger partial charge in [-0.05, 0) is 47.8 Å². The maximum absolute atomic E-state index is 11.2. The predicted octanol–water partition coefficient (Wildman–Crippen LogP) is 3.08. The Morgan fingerprint density at radius 1 is 1.37 bits per heavy atom. The normalized spacial score (nSPS) is 14.4. The van der Waals surface area contributed by atoms with Gasteiger partial charge in [0, 0.05) is 16.1 Å². The second-order valence-corrected chi connectivity index (χ2v) is 5.13. The number of methoxy groups -OCH3 is 1. The van der Waals surface area contributed by atoms with Gasteiger partial charge in [-0.15, -0.1) is 0 Å². The molecule has 0 spiro atoms. The van der Waals surface area contributed by atoms with Crippen LogP contribution >= 0.6 is 15.9 Å². The lowest BCUT2D eigenvalue weighted by atomic mass is 9.86. The summed E-state index contributed by atoms with van der Waals surface area (Å²) in [6.07, 6.45) is 5.39. The van der Waals surface area contributed by atoms with Gasteiger partial charge < -0.3 is 4.74 Å². The van der Waals surface area contributed by atoms with Gasteiger partial charge in [-0.3, -0.25) is 4.79 Å². The average molecular weight is 321 g/mol. The molecule has 0 heterocycles. The number of hydrogen-bond acceptors (Lipinski definition) is 3. The minimum Gasteiger partial charge on any atom is -0.466 e. The van der Waals surface area contributed by atoms with Crippen LogP contribution in [0.5, 0.6) is 0 Å². The molecule has 2 rings (SSSR count). The molecule has 0 aliphatic heterocycles. The van der Waals surface area contributed by atoms with E-state index in [-0.39, 0.29) is 0 Å². The Balaban J connectivity index is 2.50. The average Bonchev–Trinajstić information content (AvgIpc) is 2.44. The van der Waals surface area contributed by atoms with Gasteiger partial charge in [0.25, 0.3) is 0 Å². The predicted molar refractivity (Wildman–Crippen MR) is 76.6 cm³/mol. The Morgan fingerprint density at radius 2 is 2.16 bits per heavy atom. The number of carbonyl (C=O) groups excluding carboxylic acids is 2. The third-order valence-corrected chi connectivity index (χ3v) is 3.59. The van der Waals surface area contributed by atoms with E-state index in [2.05, 4.69) is 20.7 Å². The van der Waals surface area contributed by atoms with Crippen molar-refractivity contribution in [2.24, 2.45) is 0 Å². The van der Waals surface area contributed by atoms with Crippen LogP contribution in [0.4, 0.5) is 0 Å². The summed E-state index contributed by atoms with van der Waals surface area (Å²) in [7, 11) is 1.33. The van der Waals surface area contributed by atoms with Gasteiger partial charge in [-0.1, -0.05) is 22.0 Å². The van der Waals surface area contributed by atoms with E-state index in [0.29, 0.717) is 12.0 Å². The first kappa shape index (κ1) is 13.7. The first-order valence-corrected chi connectivity index (χ1v) is 6.68. The molecule has 0 unspecified atom stereocenters. The number of hydrogen-bond donors (Lipinski definition) is 0. The first-order valence-electron chi connectivity index (χ1n) is 5.89. The van der Waals surface area contributed by atoms with Crippen molar-refractivity contribution in [3.8, 4) is 0 Å². The quantitative estimate of drug-likeness (QED) is 0.488. The molecule has 19 heavy (non-hydrogen) atoms. The summed E-state index contributed by atoms with van der Waals surface area (Å²) in [6.45, 7) is 0. The van der Waals surface area contributed by atoms with E-state index < -0.39 is 5.97 Å². The van der Waals surface area contributed by atoms with Crippen molar-refractivity contribution in [1.29, 1.82) is 0 Å². The van der Waals surface area contributed by atoms with Crippen molar-refractivity contribution in [3.63, 3.8) is 0 Å². The number of allylic oxidation sites excluding steroid dienone is 3.